The van der Waals surface area contributed by atoms with Crippen molar-refractivity contribution < 1.29 is 9.47 Å². The Morgan fingerprint density at radius 3 is 1.66 bits per heavy atom. The number of unbranched alkanes of at least 4 members (excludes halogenated alkanes) is 13. The van der Waals surface area contributed by atoms with Crippen LogP contribution in [0.5, 0.6) is 0 Å². The maximum Gasteiger partial charge on any atom is 0.157 e. The zero-order valence-corrected chi connectivity index (χ0v) is 21.4. The summed E-state index contributed by atoms with van der Waals surface area (Å²) in [7, 11) is 0. The fourth-order valence-electron chi connectivity index (χ4n) is 3.46. The fraction of sp³-hybridized carbons (Fsp3) is 0.923. The van der Waals surface area contributed by atoms with Gasteiger partial charge in [-0.05, 0) is 44.9 Å². The van der Waals surface area contributed by atoms with E-state index in [0.717, 1.165) is 31.4 Å². The lowest BCUT2D eigenvalue weighted by Gasteiger charge is -2.19. The molecule has 174 valence electrons. The highest BCUT2D eigenvalue weighted by Gasteiger charge is 2.09. The van der Waals surface area contributed by atoms with Crippen molar-refractivity contribution in [2.45, 2.75) is 136 Å². The predicted molar refractivity (Wildman–Crippen MR) is 133 cm³/mol. The lowest BCUT2D eigenvalue weighted by atomic mass is 10.1. The quantitative estimate of drug-likeness (QED) is 0.0599. The molecule has 0 fully saturated rings. The average molecular weight is 476 g/mol. The van der Waals surface area contributed by atoms with E-state index in [2.05, 4.69) is 41.9 Å². The topological polar surface area (TPSA) is 18.5 Å². The van der Waals surface area contributed by atoms with Crippen molar-refractivity contribution in [1.29, 1.82) is 0 Å². The maximum absolute atomic E-state index is 6.10. The van der Waals surface area contributed by atoms with Crippen molar-refractivity contribution in [3.05, 3.63) is 12.2 Å². The van der Waals surface area contributed by atoms with E-state index in [9.17, 15) is 0 Å². The highest BCUT2D eigenvalue weighted by Crippen LogP contribution is 2.14. The van der Waals surface area contributed by atoms with Crippen molar-refractivity contribution >= 4 is 15.9 Å². The van der Waals surface area contributed by atoms with Crippen LogP contribution in [-0.4, -0.2) is 24.8 Å². The monoisotopic (exact) mass is 474 g/mol. The van der Waals surface area contributed by atoms with E-state index in [0.29, 0.717) is 0 Å². The van der Waals surface area contributed by atoms with Crippen molar-refractivity contribution in [3.8, 4) is 0 Å². The first-order valence-electron chi connectivity index (χ1n) is 12.8. The summed E-state index contributed by atoms with van der Waals surface area (Å²) in [5.41, 5.74) is 0. The van der Waals surface area contributed by atoms with Gasteiger partial charge in [-0.1, -0.05) is 113 Å². The molecule has 0 saturated carbocycles. The molecular weight excluding hydrogens is 424 g/mol. The molecule has 2 nitrogen and oxygen atoms in total. The van der Waals surface area contributed by atoms with E-state index in [1.54, 1.807) is 0 Å². The zero-order chi connectivity index (χ0) is 21.3. The third-order valence-corrected chi connectivity index (χ3v) is 5.81. The van der Waals surface area contributed by atoms with E-state index in [4.69, 9.17) is 9.47 Å². The number of halogens is 1. The van der Waals surface area contributed by atoms with Crippen LogP contribution in [0, 0.1) is 0 Å². The number of rotatable bonds is 24. The van der Waals surface area contributed by atoms with Crippen molar-refractivity contribution in [1.82, 2.24) is 0 Å². The summed E-state index contributed by atoms with van der Waals surface area (Å²) in [5.74, 6) is 0. The highest BCUT2D eigenvalue weighted by atomic mass is 79.9. The van der Waals surface area contributed by atoms with Crippen LogP contribution in [0.15, 0.2) is 12.2 Å². The van der Waals surface area contributed by atoms with Crippen LogP contribution in [0.4, 0.5) is 0 Å². The van der Waals surface area contributed by atoms with E-state index in [1.807, 2.05) is 0 Å². The molecule has 0 unspecified atom stereocenters. The molecule has 0 heterocycles. The standard InChI is InChI=1S/C26H51BrO2/c1-3-5-7-16-20-24-28-26(29-25-21-17-8-6-4-2)22-18-14-12-10-9-11-13-15-19-23-27/h13,15,26H,3-12,14,16-25H2,1-2H3/b15-13-. The summed E-state index contributed by atoms with van der Waals surface area (Å²) in [5, 5.41) is 1.08. The van der Waals surface area contributed by atoms with Crippen LogP contribution in [0.2, 0.25) is 0 Å². The summed E-state index contributed by atoms with van der Waals surface area (Å²) in [6.45, 7) is 6.26. The minimum atomic E-state index is 0.0273. The van der Waals surface area contributed by atoms with Gasteiger partial charge in [0.05, 0.1) is 0 Å². The first kappa shape index (κ1) is 29.1. The second-order valence-electron chi connectivity index (χ2n) is 8.29. The molecule has 29 heavy (non-hydrogen) atoms. The van der Waals surface area contributed by atoms with Crippen LogP contribution in [0.3, 0.4) is 0 Å². The molecule has 0 aromatic rings. The molecule has 0 saturated heterocycles. The van der Waals surface area contributed by atoms with Crippen LogP contribution in [0.25, 0.3) is 0 Å². The summed E-state index contributed by atoms with van der Waals surface area (Å²) in [4.78, 5) is 0. The predicted octanol–water partition coefficient (Wildman–Crippen LogP) is 9.36. The Hall–Kier alpha value is 0.140. The lowest BCUT2D eigenvalue weighted by Crippen LogP contribution is -2.19. The lowest BCUT2D eigenvalue weighted by molar-refractivity contribution is -0.148. The third kappa shape index (κ3) is 24.3. The average Bonchev–Trinajstić information content (AvgIpc) is 2.73. The smallest absolute Gasteiger partial charge is 0.157 e. The van der Waals surface area contributed by atoms with E-state index >= 15 is 0 Å². The fourth-order valence-corrected chi connectivity index (χ4v) is 3.72. The van der Waals surface area contributed by atoms with Crippen LogP contribution >= 0.6 is 15.9 Å². The molecule has 0 radical (unpaired) electrons. The molecule has 0 spiro atoms. The molecule has 0 atom stereocenters. The van der Waals surface area contributed by atoms with Crippen molar-refractivity contribution in [2.24, 2.45) is 0 Å². The number of hydrogen-bond acceptors (Lipinski definition) is 2. The minimum Gasteiger partial charge on any atom is -0.353 e. The molecule has 0 amide bonds. The van der Waals surface area contributed by atoms with Gasteiger partial charge < -0.3 is 9.47 Å². The largest absolute Gasteiger partial charge is 0.353 e. The number of allylic oxidation sites excluding steroid dienone is 2. The van der Waals surface area contributed by atoms with Gasteiger partial charge >= 0.3 is 0 Å². The number of alkyl halides is 1. The van der Waals surface area contributed by atoms with Crippen LogP contribution in [-0.2, 0) is 9.47 Å². The molecule has 0 N–H and O–H groups in total. The van der Waals surface area contributed by atoms with Gasteiger partial charge in [0.25, 0.3) is 0 Å². The normalized spacial score (nSPS) is 11.9. The third-order valence-electron chi connectivity index (χ3n) is 5.36. The van der Waals surface area contributed by atoms with Gasteiger partial charge in [0.15, 0.2) is 6.29 Å². The summed E-state index contributed by atoms with van der Waals surface area (Å²) >= 11 is 3.46. The van der Waals surface area contributed by atoms with E-state index in [1.165, 1.54) is 103 Å². The summed E-state index contributed by atoms with van der Waals surface area (Å²) in [6.07, 6.45) is 27.6. The Morgan fingerprint density at radius 1 is 0.586 bits per heavy atom. The van der Waals surface area contributed by atoms with Gasteiger partial charge in [-0.15, -0.1) is 0 Å². The first-order chi connectivity index (χ1) is 14.3. The molecule has 0 bridgehead atoms. The molecule has 0 aliphatic rings. The molecule has 3 heteroatoms. The SMILES string of the molecule is CCCCCCCOC(CCCCCCC/C=C\CCBr)OCCCCCCC. The molecule has 0 aliphatic heterocycles. The number of hydrogen-bond donors (Lipinski definition) is 0. The van der Waals surface area contributed by atoms with E-state index < -0.39 is 0 Å². The van der Waals surface area contributed by atoms with Crippen molar-refractivity contribution in [3.63, 3.8) is 0 Å². The highest BCUT2D eigenvalue weighted by molar-refractivity contribution is 9.09. The minimum absolute atomic E-state index is 0.0273. The molecule has 0 aromatic carbocycles. The Bertz CT molecular complexity index is 304. The Kier molecular flexibility index (Phi) is 26.3. The van der Waals surface area contributed by atoms with Gasteiger partial charge in [0.2, 0.25) is 0 Å². The van der Waals surface area contributed by atoms with E-state index in [-0.39, 0.29) is 6.29 Å². The van der Waals surface area contributed by atoms with Crippen molar-refractivity contribution in [2.75, 3.05) is 18.5 Å². The second kappa shape index (κ2) is 26.2. The maximum atomic E-state index is 6.10. The molecule has 0 aliphatic carbocycles. The second-order valence-corrected chi connectivity index (χ2v) is 9.09. The van der Waals surface area contributed by atoms with Crippen LogP contribution < -0.4 is 0 Å². The Balaban J connectivity index is 3.79. The molecular formula is C26H51BrO2. The molecule has 0 rings (SSSR count). The van der Waals surface area contributed by atoms with Gasteiger partial charge in [0, 0.05) is 18.5 Å². The zero-order valence-electron chi connectivity index (χ0n) is 19.8. The summed E-state index contributed by atoms with van der Waals surface area (Å²) in [6, 6.07) is 0. The van der Waals surface area contributed by atoms with Crippen LogP contribution in [0.1, 0.15) is 129 Å². The molecule has 0 aromatic heterocycles. The van der Waals surface area contributed by atoms with Gasteiger partial charge in [-0.2, -0.15) is 0 Å². The van der Waals surface area contributed by atoms with Gasteiger partial charge in [0.1, 0.15) is 0 Å². The summed E-state index contributed by atoms with van der Waals surface area (Å²) < 4.78 is 12.2. The Morgan fingerprint density at radius 2 is 1.07 bits per heavy atom. The number of ether oxygens (including phenoxy) is 2. The van der Waals surface area contributed by atoms with Gasteiger partial charge in [-0.25, -0.2) is 0 Å². The Labute approximate surface area is 191 Å². The first-order valence-corrected chi connectivity index (χ1v) is 13.9. The van der Waals surface area contributed by atoms with Gasteiger partial charge in [-0.3, -0.25) is 0 Å².